The Morgan fingerprint density at radius 3 is 2.14 bits per heavy atom. The number of rotatable bonds is 6. The topological polar surface area (TPSA) is 43.9 Å². The molecule has 0 aliphatic heterocycles. The molecule has 0 saturated carbocycles. The van der Waals surface area contributed by atoms with Gasteiger partial charge in [0.05, 0.1) is 36.2 Å². The largest absolute Gasteiger partial charge is 0.501 e. The van der Waals surface area contributed by atoms with E-state index in [4.69, 9.17) is 13.5 Å². The third-order valence-corrected chi connectivity index (χ3v) is 13.4. The number of furan rings is 1. The van der Waals surface area contributed by atoms with Crippen molar-refractivity contribution < 1.29 is 33.0 Å². The SMILES string of the molecule is C[Si](C)(C)c1ccc(-c2[c-]cccc2)nc1.[2H]C([2H])([2H])c1ccc(-c2ccc3c(c2)oc2c(-c4nc5ccccc5n4-c4c(-c5ccccc5)cc(F)c5ccccc45)[c-]ccc23)cc1.[Ir]. The van der Waals surface area contributed by atoms with Crippen LogP contribution in [0.5, 0.6) is 0 Å². The van der Waals surface area contributed by atoms with E-state index in [2.05, 4.69) is 53.5 Å². The normalized spacial score (nSPS) is 12.3. The molecule has 0 spiro atoms. The smallest absolute Gasteiger partial charge is 0.131 e. The maximum absolute atomic E-state index is 15.8. The first-order chi connectivity index (χ1) is 31.4. The molecule has 0 aliphatic carbocycles. The van der Waals surface area contributed by atoms with E-state index in [0.717, 1.165) is 66.4 Å². The Hall–Kier alpha value is -6.76. The van der Waals surface area contributed by atoms with Gasteiger partial charge in [0.15, 0.2) is 0 Å². The molecule has 0 amide bonds. The Bertz CT molecular complexity index is 3510. The van der Waals surface area contributed by atoms with Crippen LogP contribution in [0.4, 0.5) is 4.39 Å². The minimum Gasteiger partial charge on any atom is -0.501 e. The van der Waals surface area contributed by atoms with Crippen molar-refractivity contribution in [1.82, 2.24) is 14.5 Å². The third-order valence-electron chi connectivity index (χ3n) is 11.3. The van der Waals surface area contributed by atoms with Gasteiger partial charge in [-0.3, -0.25) is 4.98 Å². The number of benzene rings is 8. The van der Waals surface area contributed by atoms with Gasteiger partial charge < -0.3 is 14.0 Å². The summed E-state index contributed by atoms with van der Waals surface area (Å²) in [5.41, 5.74) is 10.3. The number of pyridine rings is 1. The van der Waals surface area contributed by atoms with E-state index in [1.165, 1.54) is 5.19 Å². The minimum absolute atomic E-state index is 0. The molecular formula is C56H42FIrN3OSi-2. The van der Waals surface area contributed by atoms with Crippen molar-refractivity contribution >= 4 is 57.0 Å². The van der Waals surface area contributed by atoms with E-state index in [9.17, 15) is 0 Å². The molecule has 7 heteroatoms. The first-order valence-corrected chi connectivity index (χ1v) is 24.1. The summed E-state index contributed by atoms with van der Waals surface area (Å²) in [7, 11) is -1.23. The molecule has 1 radical (unpaired) electrons. The molecule has 8 aromatic carbocycles. The molecule has 11 rings (SSSR count). The number of hydrogen-bond acceptors (Lipinski definition) is 3. The maximum Gasteiger partial charge on any atom is 0.131 e. The predicted molar refractivity (Wildman–Crippen MR) is 257 cm³/mol. The van der Waals surface area contributed by atoms with Gasteiger partial charge in [0, 0.05) is 52.1 Å². The molecule has 0 saturated heterocycles. The van der Waals surface area contributed by atoms with Gasteiger partial charge in [0.25, 0.3) is 0 Å². The molecule has 3 heterocycles. The molecule has 0 unspecified atom stereocenters. The van der Waals surface area contributed by atoms with Gasteiger partial charge in [0.2, 0.25) is 0 Å². The fraction of sp³-hybridized carbons (Fsp3) is 0.0714. The molecule has 0 aliphatic rings. The number of para-hydroxylation sites is 2. The van der Waals surface area contributed by atoms with Gasteiger partial charge in [0.1, 0.15) is 11.4 Å². The Morgan fingerprint density at radius 1 is 0.651 bits per heavy atom. The van der Waals surface area contributed by atoms with E-state index in [1.807, 2.05) is 152 Å². The van der Waals surface area contributed by atoms with Crippen LogP contribution in [0.3, 0.4) is 0 Å². The second-order valence-electron chi connectivity index (χ2n) is 16.4. The van der Waals surface area contributed by atoms with E-state index >= 15 is 4.39 Å². The summed E-state index contributed by atoms with van der Waals surface area (Å²) in [4.78, 5) is 9.69. The maximum atomic E-state index is 15.8. The molecule has 4 nitrogen and oxygen atoms in total. The van der Waals surface area contributed by atoms with Crippen molar-refractivity contribution in [2.24, 2.45) is 0 Å². The van der Waals surface area contributed by atoms with Crippen molar-refractivity contribution in [3.8, 4) is 50.6 Å². The number of imidazole rings is 1. The Kier molecular flexibility index (Phi) is 10.4. The summed E-state index contributed by atoms with van der Waals surface area (Å²) >= 11 is 0. The van der Waals surface area contributed by atoms with Crippen LogP contribution in [0.25, 0.3) is 94.3 Å². The van der Waals surface area contributed by atoms with Gasteiger partial charge in [-0.15, -0.1) is 54.1 Å². The van der Waals surface area contributed by atoms with Crippen LogP contribution in [0.1, 0.15) is 9.68 Å². The Balaban J connectivity index is 0.000000273. The molecule has 309 valence electrons. The van der Waals surface area contributed by atoms with Gasteiger partial charge >= 0.3 is 0 Å². The number of nitrogens with zero attached hydrogens (tertiary/aromatic N) is 3. The molecule has 11 aromatic rings. The zero-order valence-corrected chi connectivity index (χ0v) is 38.2. The summed E-state index contributed by atoms with van der Waals surface area (Å²) in [6.07, 6.45) is 2.02. The average Bonchev–Trinajstić information content (AvgIpc) is 3.90. The molecule has 0 N–H and O–H groups in total. The summed E-state index contributed by atoms with van der Waals surface area (Å²) < 4.78 is 47.7. The first-order valence-electron chi connectivity index (χ1n) is 22.1. The van der Waals surface area contributed by atoms with E-state index in [0.29, 0.717) is 33.5 Å². The molecule has 63 heavy (non-hydrogen) atoms. The zero-order valence-electron chi connectivity index (χ0n) is 37.8. The molecular weight excluding hydrogens is 970 g/mol. The van der Waals surface area contributed by atoms with Gasteiger partial charge in [-0.05, 0) is 58.7 Å². The van der Waals surface area contributed by atoms with Crippen LogP contribution < -0.4 is 5.19 Å². The van der Waals surface area contributed by atoms with Crippen molar-refractivity contribution in [2.75, 3.05) is 0 Å². The van der Waals surface area contributed by atoms with E-state index in [-0.39, 0.29) is 25.9 Å². The summed E-state index contributed by atoms with van der Waals surface area (Å²) in [5, 5.41) is 4.53. The summed E-state index contributed by atoms with van der Waals surface area (Å²) in [6.45, 7) is 4.83. The van der Waals surface area contributed by atoms with Crippen LogP contribution >= 0.6 is 0 Å². The van der Waals surface area contributed by atoms with Gasteiger partial charge in [-0.25, -0.2) is 4.39 Å². The molecule has 0 fully saturated rings. The Labute approximate surface area is 385 Å². The van der Waals surface area contributed by atoms with Gasteiger partial charge in [-0.1, -0.05) is 151 Å². The second-order valence-corrected chi connectivity index (χ2v) is 21.4. The van der Waals surface area contributed by atoms with Crippen molar-refractivity contribution in [3.05, 3.63) is 206 Å². The van der Waals surface area contributed by atoms with Crippen LogP contribution in [0.15, 0.2) is 187 Å². The number of halogens is 1. The molecule has 3 aromatic heterocycles. The average molecular weight is 1020 g/mol. The summed E-state index contributed by atoms with van der Waals surface area (Å²) in [6, 6.07) is 62.7. The first kappa shape index (κ1) is 38.0. The Morgan fingerprint density at radius 2 is 1.40 bits per heavy atom. The van der Waals surface area contributed by atoms with Crippen LogP contribution in [0, 0.1) is 24.8 Å². The second kappa shape index (κ2) is 17.2. The quantitative estimate of drug-likeness (QED) is 0.123. The molecule has 0 bridgehead atoms. The van der Waals surface area contributed by atoms with E-state index < -0.39 is 14.9 Å². The number of aromatic nitrogens is 3. The van der Waals surface area contributed by atoms with E-state index in [1.54, 1.807) is 18.2 Å². The van der Waals surface area contributed by atoms with Gasteiger partial charge in [-0.2, -0.15) is 0 Å². The van der Waals surface area contributed by atoms with Crippen LogP contribution in [0.2, 0.25) is 19.6 Å². The monoisotopic (exact) mass is 1020 g/mol. The van der Waals surface area contributed by atoms with Crippen molar-refractivity contribution in [1.29, 1.82) is 0 Å². The fourth-order valence-corrected chi connectivity index (χ4v) is 9.15. The number of fused-ring (bicyclic) bond motifs is 5. The number of hydrogen-bond donors (Lipinski definition) is 0. The summed E-state index contributed by atoms with van der Waals surface area (Å²) in [5.74, 6) is 0.333. The zero-order chi connectivity index (χ0) is 44.9. The van der Waals surface area contributed by atoms with Crippen LogP contribution in [-0.4, -0.2) is 22.6 Å². The number of aryl methyl sites for hydroxylation is 1. The van der Waals surface area contributed by atoms with Crippen molar-refractivity contribution in [3.63, 3.8) is 0 Å². The van der Waals surface area contributed by atoms with Crippen LogP contribution in [-0.2, 0) is 20.1 Å². The molecule has 0 atom stereocenters. The fourth-order valence-electron chi connectivity index (χ4n) is 8.11. The standard InChI is InChI=1S/C42H26FN2O.C14H16NSi.Ir/c1-26-18-20-27(21-19-26)29-22-23-31-33-14-9-15-34(41(33)46-39(31)24-29)42-44-37-16-7-8-17-38(37)45(42)40-32-13-6-5-12-30(32)36(43)25-35(40)28-10-3-2-4-11-28;1-16(2,3)13-9-10-14(15-11-13)12-7-5-4-6-8-12;/h2-14,16-25H,1H3;4-7,9-11H,1-3H3;/q2*-1;/i1D3;;. The minimum atomic E-state index is -2.16. The predicted octanol–water partition coefficient (Wildman–Crippen LogP) is 14.4. The third kappa shape index (κ3) is 7.96. The van der Waals surface area contributed by atoms with Crippen molar-refractivity contribution in [2.45, 2.75) is 26.5 Å².